The summed E-state index contributed by atoms with van der Waals surface area (Å²) in [5.74, 6) is -0.216. The Kier molecular flexibility index (Phi) is 4.15. The average Bonchev–Trinajstić information content (AvgIpc) is 2.62. The van der Waals surface area contributed by atoms with E-state index in [4.69, 9.17) is 0 Å². The number of aryl methyl sites for hydroxylation is 2. The van der Waals surface area contributed by atoms with Crippen LogP contribution in [0.4, 0.5) is 0 Å². The molecule has 0 saturated carbocycles. The van der Waals surface area contributed by atoms with E-state index in [2.05, 4.69) is 4.98 Å². The van der Waals surface area contributed by atoms with Crippen molar-refractivity contribution in [2.24, 2.45) is 0 Å². The third-order valence-electron chi connectivity index (χ3n) is 5.04. The highest BCUT2D eigenvalue weighted by atomic mass is 32.2. The molecular formula is C20H20N2O3S. The van der Waals surface area contributed by atoms with Gasteiger partial charge in [-0.15, -0.1) is 0 Å². The molecule has 0 bridgehead atoms. The number of hydrogen-bond acceptors (Lipinski definition) is 4. The summed E-state index contributed by atoms with van der Waals surface area (Å²) >= 11 is 0. The fraction of sp³-hybridized carbons (Fsp3) is 0.300. The monoisotopic (exact) mass is 368 g/mol. The van der Waals surface area contributed by atoms with Gasteiger partial charge in [0.1, 0.15) is 5.65 Å². The van der Waals surface area contributed by atoms with Crippen LogP contribution < -0.4 is 5.56 Å². The molecule has 0 radical (unpaired) electrons. The minimum atomic E-state index is -3.46. The van der Waals surface area contributed by atoms with Crippen molar-refractivity contribution >= 4 is 15.5 Å². The zero-order valence-corrected chi connectivity index (χ0v) is 15.4. The first kappa shape index (κ1) is 17.0. The Hall–Kier alpha value is -2.47. The highest BCUT2D eigenvalue weighted by Crippen LogP contribution is 2.36. The highest BCUT2D eigenvalue weighted by Gasteiger charge is 2.32. The first-order valence-corrected chi connectivity index (χ1v) is 10.4. The van der Waals surface area contributed by atoms with Crippen LogP contribution in [-0.2, 0) is 22.0 Å². The lowest BCUT2D eigenvalue weighted by Crippen LogP contribution is -2.23. The van der Waals surface area contributed by atoms with Gasteiger partial charge in [-0.1, -0.05) is 30.3 Å². The average molecular weight is 368 g/mol. The first-order chi connectivity index (χ1) is 12.5. The smallest absolute Gasteiger partial charge is 0.258 e. The number of sulfone groups is 1. The van der Waals surface area contributed by atoms with E-state index in [1.807, 2.05) is 37.3 Å². The Bertz CT molecular complexity index is 1150. The molecule has 26 heavy (non-hydrogen) atoms. The van der Waals surface area contributed by atoms with Crippen LogP contribution in [0, 0.1) is 6.92 Å². The number of aromatic nitrogens is 2. The molecule has 2 heterocycles. The number of pyridine rings is 1. The van der Waals surface area contributed by atoms with Gasteiger partial charge < -0.3 is 0 Å². The molecular weight excluding hydrogens is 348 g/mol. The maximum Gasteiger partial charge on any atom is 0.258 e. The lowest BCUT2D eigenvalue weighted by Gasteiger charge is -2.25. The van der Waals surface area contributed by atoms with E-state index in [0.29, 0.717) is 17.8 Å². The van der Waals surface area contributed by atoms with Gasteiger partial charge in [0.15, 0.2) is 9.84 Å². The van der Waals surface area contributed by atoms with Crippen molar-refractivity contribution in [3.8, 4) is 0 Å². The largest absolute Gasteiger partial charge is 0.269 e. The Balaban J connectivity index is 1.75. The summed E-state index contributed by atoms with van der Waals surface area (Å²) in [6.45, 7) is 1.86. The van der Waals surface area contributed by atoms with Crippen molar-refractivity contribution < 1.29 is 8.42 Å². The van der Waals surface area contributed by atoms with E-state index in [1.165, 1.54) is 10.5 Å². The summed E-state index contributed by atoms with van der Waals surface area (Å²) in [6.07, 6.45) is 4.03. The molecule has 6 heteroatoms. The van der Waals surface area contributed by atoms with Crippen molar-refractivity contribution in [3.63, 3.8) is 0 Å². The summed E-state index contributed by atoms with van der Waals surface area (Å²) in [5, 5.41) is -0.524. The summed E-state index contributed by atoms with van der Waals surface area (Å²) in [5.41, 5.74) is 3.41. The second-order valence-electron chi connectivity index (χ2n) is 6.86. The Morgan fingerprint density at radius 2 is 2.00 bits per heavy atom. The van der Waals surface area contributed by atoms with Gasteiger partial charge in [-0.2, -0.15) is 0 Å². The number of rotatable bonds is 3. The molecule has 1 atom stereocenters. The van der Waals surface area contributed by atoms with Crippen LogP contribution in [0.5, 0.6) is 0 Å². The molecule has 0 fully saturated rings. The van der Waals surface area contributed by atoms with Crippen molar-refractivity contribution in [2.45, 2.75) is 37.2 Å². The van der Waals surface area contributed by atoms with Gasteiger partial charge in [0.25, 0.3) is 5.56 Å². The zero-order valence-electron chi connectivity index (χ0n) is 14.6. The van der Waals surface area contributed by atoms with Crippen LogP contribution in [-0.4, -0.2) is 17.8 Å². The van der Waals surface area contributed by atoms with E-state index in [1.54, 1.807) is 12.3 Å². The Labute approximate surface area is 152 Å². The lowest BCUT2D eigenvalue weighted by molar-refractivity contribution is 0.559. The number of benzene rings is 1. The van der Waals surface area contributed by atoms with E-state index < -0.39 is 15.1 Å². The van der Waals surface area contributed by atoms with Gasteiger partial charge >= 0.3 is 0 Å². The van der Waals surface area contributed by atoms with Gasteiger partial charge in [0.2, 0.25) is 0 Å². The summed E-state index contributed by atoms with van der Waals surface area (Å²) in [7, 11) is -3.46. The molecule has 134 valence electrons. The second kappa shape index (κ2) is 6.36. The molecule has 1 aliphatic carbocycles. The van der Waals surface area contributed by atoms with Crippen molar-refractivity contribution in [3.05, 3.63) is 81.4 Å². The molecule has 0 N–H and O–H groups in total. The predicted molar refractivity (Wildman–Crippen MR) is 101 cm³/mol. The standard InChI is InChI=1S/C20H20N2O3S/c1-14-6-5-11-22-19(23)12-16(21-20(14)22)13-26(24,25)18-10-4-8-15-7-2-3-9-17(15)18/h2-3,5-7,9,11-12,18H,4,8,10,13H2,1H3. The molecule has 1 aliphatic rings. The van der Waals surface area contributed by atoms with Crippen LogP contribution >= 0.6 is 0 Å². The second-order valence-corrected chi connectivity index (χ2v) is 9.04. The van der Waals surface area contributed by atoms with Crippen molar-refractivity contribution in [2.75, 3.05) is 0 Å². The molecule has 0 aliphatic heterocycles. The maximum absolute atomic E-state index is 13.1. The van der Waals surface area contributed by atoms with Crippen molar-refractivity contribution in [1.29, 1.82) is 0 Å². The van der Waals surface area contributed by atoms with Gasteiger partial charge in [-0.25, -0.2) is 13.4 Å². The third-order valence-corrected chi connectivity index (χ3v) is 7.09. The molecule has 0 spiro atoms. The molecule has 0 amide bonds. The van der Waals surface area contributed by atoms with E-state index >= 15 is 0 Å². The molecule has 2 aromatic heterocycles. The number of fused-ring (bicyclic) bond motifs is 2. The maximum atomic E-state index is 13.1. The molecule has 0 saturated heterocycles. The van der Waals surface area contributed by atoms with Crippen LogP contribution in [0.25, 0.3) is 5.65 Å². The van der Waals surface area contributed by atoms with Gasteiger partial charge in [0.05, 0.1) is 16.7 Å². The summed E-state index contributed by atoms with van der Waals surface area (Å²) in [4.78, 5) is 16.8. The predicted octanol–water partition coefficient (Wildman–Crippen LogP) is 3.00. The van der Waals surface area contributed by atoms with Crippen LogP contribution in [0.3, 0.4) is 0 Å². The van der Waals surface area contributed by atoms with Gasteiger partial charge in [-0.05, 0) is 48.9 Å². The highest BCUT2D eigenvalue weighted by molar-refractivity contribution is 7.90. The third kappa shape index (κ3) is 2.94. The minimum Gasteiger partial charge on any atom is -0.269 e. The van der Waals surface area contributed by atoms with Crippen LogP contribution in [0.15, 0.2) is 53.5 Å². The first-order valence-electron chi connectivity index (χ1n) is 8.73. The fourth-order valence-corrected chi connectivity index (χ4v) is 5.68. The lowest BCUT2D eigenvalue weighted by atomic mass is 9.91. The Morgan fingerprint density at radius 3 is 2.85 bits per heavy atom. The summed E-state index contributed by atoms with van der Waals surface area (Å²) < 4.78 is 27.6. The molecule has 3 aromatic rings. The molecule has 1 unspecified atom stereocenters. The Morgan fingerprint density at radius 1 is 1.19 bits per heavy atom. The van der Waals surface area contributed by atoms with Crippen LogP contribution in [0.1, 0.15) is 40.5 Å². The topological polar surface area (TPSA) is 68.5 Å². The van der Waals surface area contributed by atoms with E-state index in [-0.39, 0.29) is 11.3 Å². The summed E-state index contributed by atoms with van der Waals surface area (Å²) in [6, 6.07) is 12.7. The quantitative estimate of drug-likeness (QED) is 0.713. The van der Waals surface area contributed by atoms with Gasteiger partial charge in [0, 0.05) is 12.3 Å². The van der Waals surface area contributed by atoms with E-state index in [9.17, 15) is 13.2 Å². The molecule has 1 aromatic carbocycles. The van der Waals surface area contributed by atoms with Crippen molar-refractivity contribution in [1.82, 2.24) is 9.38 Å². The zero-order chi connectivity index (χ0) is 18.3. The minimum absolute atomic E-state index is 0.216. The molecule has 4 rings (SSSR count). The number of hydrogen-bond donors (Lipinski definition) is 0. The molecule has 5 nitrogen and oxygen atoms in total. The normalized spacial score (nSPS) is 17.2. The van der Waals surface area contributed by atoms with Gasteiger partial charge in [-0.3, -0.25) is 9.20 Å². The SMILES string of the molecule is Cc1cccn2c(=O)cc(CS(=O)(=O)C3CCCc4ccccc43)nc12. The fourth-order valence-electron chi connectivity index (χ4n) is 3.77. The van der Waals surface area contributed by atoms with E-state index in [0.717, 1.165) is 29.5 Å². The van der Waals surface area contributed by atoms with Crippen LogP contribution in [0.2, 0.25) is 0 Å². The number of nitrogens with zero attached hydrogens (tertiary/aromatic N) is 2.